The molecule has 4 aromatic carbocycles. The zero-order valence-corrected chi connectivity index (χ0v) is 16.2. The van der Waals surface area contributed by atoms with Crippen molar-refractivity contribution in [1.29, 1.82) is 0 Å². The van der Waals surface area contributed by atoms with E-state index >= 15 is 0 Å². The number of aromatic nitrogens is 1. The Morgan fingerprint density at radius 1 is 0.533 bits per heavy atom. The molecule has 0 N–H and O–H groups in total. The van der Waals surface area contributed by atoms with Crippen LogP contribution in [-0.2, 0) is 0 Å². The van der Waals surface area contributed by atoms with Crippen LogP contribution in [0.2, 0.25) is 0 Å². The predicted molar refractivity (Wildman–Crippen MR) is 121 cm³/mol. The first-order chi connectivity index (χ1) is 14.8. The summed E-state index contributed by atoms with van der Waals surface area (Å²) in [7, 11) is 0. The fraction of sp³-hybridized carbons (Fsp3) is 0. The van der Waals surface area contributed by atoms with E-state index in [0.29, 0.717) is 5.56 Å². The van der Waals surface area contributed by atoms with Gasteiger partial charge in [-0.25, -0.2) is 4.98 Å². The highest BCUT2D eigenvalue weighted by Gasteiger charge is 2.31. The van der Waals surface area contributed by atoms with Crippen molar-refractivity contribution in [3.63, 3.8) is 0 Å². The second-order valence-electron chi connectivity index (χ2n) is 7.58. The Balaban J connectivity index is 1.65. The topological polar surface area (TPSA) is 30.0 Å². The zero-order valence-electron chi connectivity index (χ0n) is 16.2. The lowest BCUT2D eigenvalue weighted by molar-refractivity contribution is 0.104. The molecule has 5 aromatic rings. The van der Waals surface area contributed by atoms with Crippen LogP contribution in [0.4, 0.5) is 0 Å². The molecule has 1 heterocycles. The maximum absolute atomic E-state index is 13.3. The van der Waals surface area contributed by atoms with Gasteiger partial charge < -0.3 is 0 Å². The van der Waals surface area contributed by atoms with E-state index in [1.165, 1.54) is 10.8 Å². The number of fused-ring (bicyclic) bond motifs is 4. The average molecular weight is 383 g/mol. The van der Waals surface area contributed by atoms with E-state index in [2.05, 4.69) is 48.5 Å². The fourth-order valence-corrected chi connectivity index (χ4v) is 4.33. The minimum atomic E-state index is 0.0528. The first kappa shape index (κ1) is 16.9. The van der Waals surface area contributed by atoms with Crippen LogP contribution in [0, 0.1) is 0 Å². The summed E-state index contributed by atoms with van der Waals surface area (Å²) in [4.78, 5) is 18.3. The van der Waals surface area contributed by atoms with Gasteiger partial charge in [0.25, 0.3) is 0 Å². The van der Waals surface area contributed by atoms with Gasteiger partial charge in [0.05, 0.1) is 17.0 Å². The van der Waals surface area contributed by atoms with E-state index in [9.17, 15) is 4.79 Å². The highest BCUT2D eigenvalue weighted by Crippen LogP contribution is 2.42. The minimum Gasteiger partial charge on any atom is -0.288 e. The summed E-state index contributed by atoms with van der Waals surface area (Å²) in [6.07, 6.45) is 0. The van der Waals surface area contributed by atoms with Crippen molar-refractivity contribution in [1.82, 2.24) is 4.98 Å². The van der Waals surface area contributed by atoms with Crippen LogP contribution in [0.5, 0.6) is 0 Å². The van der Waals surface area contributed by atoms with Gasteiger partial charge in [-0.2, -0.15) is 0 Å². The van der Waals surface area contributed by atoms with Gasteiger partial charge >= 0.3 is 0 Å². The second-order valence-corrected chi connectivity index (χ2v) is 7.58. The highest BCUT2D eigenvalue weighted by atomic mass is 16.1. The molecule has 2 nitrogen and oxygen atoms in total. The van der Waals surface area contributed by atoms with Crippen LogP contribution >= 0.6 is 0 Å². The number of hydrogen-bond donors (Lipinski definition) is 0. The van der Waals surface area contributed by atoms with E-state index in [1.807, 2.05) is 54.6 Å². The van der Waals surface area contributed by atoms with Crippen molar-refractivity contribution in [2.75, 3.05) is 0 Å². The second kappa shape index (κ2) is 6.50. The van der Waals surface area contributed by atoms with Gasteiger partial charge in [-0.3, -0.25) is 4.79 Å². The molecular weight excluding hydrogens is 366 g/mol. The molecule has 1 aliphatic rings. The third-order valence-electron chi connectivity index (χ3n) is 5.80. The van der Waals surface area contributed by atoms with E-state index in [-0.39, 0.29) is 5.78 Å². The lowest BCUT2D eigenvalue weighted by atomic mass is 9.95. The molecule has 0 spiro atoms. The monoisotopic (exact) mass is 383 g/mol. The Morgan fingerprint density at radius 3 is 2.07 bits per heavy atom. The van der Waals surface area contributed by atoms with E-state index in [4.69, 9.17) is 4.98 Å². The molecule has 140 valence electrons. The molecule has 0 aliphatic heterocycles. The van der Waals surface area contributed by atoms with E-state index in [0.717, 1.165) is 39.2 Å². The lowest BCUT2D eigenvalue weighted by Crippen LogP contribution is -2.00. The Bertz CT molecular complexity index is 1450. The minimum absolute atomic E-state index is 0.0528. The van der Waals surface area contributed by atoms with Gasteiger partial charge in [0.2, 0.25) is 0 Å². The third-order valence-corrected chi connectivity index (χ3v) is 5.80. The molecule has 0 fully saturated rings. The Kier molecular flexibility index (Phi) is 3.65. The number of rotatable bonds is 2. The quantitative estimate of drug-likeness (QED) is 0.330. The van der Waals surface area contributed by atoms with Crippen molar-refractivity contribution in [3.05, 3.63) is 114 Å². The summed E-state index contributed by atoms with van der Waals surface area (Å²) in [5.41, 5.74) is 7.01. The standard InChI is InChI=1S/C28H17NO/c30-28-23-13-7-6-12-22(23)27-26(28)24(19-9-2-1-3-10-19)17-25(29-27)21-15-14-18-8-4-5-11-20(18)16-21/h1-17H. The van der Waals surface area contributed by atoms with E-state index in [1.54, 1.807) is 0 Å². The molecular formula is C28H17NO. The summed E-state index contributed by atoms with van der Waals surface area (Å²) in [5, 5.41) is 2.38. The molecule has 1 aromatic heterocycles. The number of benzene rings is 4. The maximum Gasteiger partial charge on any atom is 0.196 e. The van der Waals surface area contributed by atoms with Crippen molar-refractivity contribution in [3.8, 4) is 33.6 Å². The number of carbonyl (C=O) groups excluding carboxylic acids is 1. The molecule has 0 atom stereocenters. The van der Waals surface area contributed by atoms with Crippen molar-refractivity contribution in [2.45, 2.75) is 0 Å². The predicted octanol–water partition coefficient (Wildman–Crippen LogP) is 6.78. The zero-order chi connectivity index (χ0) is 20.1. The number of ketones is 1. The molecule has 0 radical (unpaired) electrons. The molecule has 0 saturated heterocycles. The molecule has 2 heteroatoms. The summed E-state index contributed by atoms with van der Waals surface area (Å²) in [6, 6.07) is 34.6. The van der Waals surface area contributed by atoms with E-state index < -0.39 is 0 Å². The van der Waals surface area contributed by atoms with Crippen molar-refractivity contribution >= 4 is 16.6 Å². The first-order valence-electron chi connectivity index (χ1n) is 10.0. The van der Waals surface area contributed by atoms with Crippen LogP contribution < -0.4 is 0 Å². The highest BCUT2D eigenvalue weighted by molar-refractivity contribution is 6.24. The molecule has 0 bridgehead atoms. The van der Waals surface area contributed by atoms with Crippen molar-refractivity contribution < 1.29 is 4.79 Å². The molecule has 30 heavy (non-hydrogen) atoms. The van der Waals surface area contributed by atoms with Crippen molar-refractivity contribution in [2.24, 2.45) is 0 Å². The maximum atomic E-state index is 13.3. The van der Waals surface area contributed by atoms with Crippen LogP contribution in [0.3, 0.4) is 0 Å². The molecule has 1 aliphatic carbocycles. The van der Waals surface area contributed by atoms with Crippen LogP contribution in [0.15, 0.2) is 103 Å². The first-order valence-corrected chi connectivity index (χ1v) is 10.0. The number of pyridine rings is 1. The molecule has 0 saturated carbocycles. The summed E-state index contributed by atoms with van der Waals surface area (Å²) >= 11 is 0. The van der Waals surface area contributed by atoms with Gasteiger partial charge in [-0.1, -0.05) is 91.0 Å². The number of carbonyl (C=O) groups is 1. The van der Waals surface area contributed by atoms with Gasteiger partial charge in [0.1, 0.15) is 0 Å². The SMILES string of the molecule is O=C1c2ccccc2-c2nc(-c3ccc4ccccc4c3)cc(-c3ccccc3)c21. The Morgan fingerprint density at radius 2 is 1.23 bits per heavy atom. The largest absolute Gasteiger partial charge is 0.288 e. The third kappa shape index (κ3) is 2.51. The Hall–Kier alpha value is -4.04. The van der Waals surface area contributed by atoms with Crippen LogP contribution in [0.1, 0.15) is 15.9 Å². The van der Waals surface area contributed by atoms with Crippen LogP contribution in [0.25, 0.3) is 44.4 Å². The molecule has 0 unspecified atom stereocenters. The number of nitrogens with zero attached hydrogens (tertiary/aromatic N) is 1. The fourth-order valence-electron chi connectivity index (χ4n) is 4.33. The van der Waals surface area contributed by atoms with Gasteiger partial charge in [0.15, 0.2) is 5.78 Å². The summed E-state index contributed by atoms with van der Waals surface area (Å²) in [5.74, 6) is 0.0528. The number of hydrogen-bond acceptors (Lipinski definition) is 2. The van der Waals surface area contributed by atoms with Gasteiger partial charge in [-0.05, 0) is 34.0 Å². The van der Waals surface area contributed by atoms with Gasteiger partial charge in [-0.15, -0.1) is 0 Å². The smallest absolute Gasteiger partial charge is 0.196 e. The normalized spacial score (nSPS) is 12.1. The molecule has 0 amide bonds. The molecule has 6 rings (SSSR count). The summed E-state index contributed by atoms with van der Waals surface area (Å²) in [6.45, 7) is 0. The lowest BCUT2D eigenvalue weighted by Gasteiger charge is -2.12. The summed E-state index contributed by atoms with van der Waals surface area (Å²) < 4.78 is 0. The average Bonchev–Trinajstić information content (AvgIpc) is 3.11. The van der Waals surface area contributed by atoms with Gasteiger partial charge in [0, 0.05) is 16.7 Å². The van der Waals surface area contributed by atoms with Crippen LogP contribution in [-0.4, -0.2) is 10.8 Å². The Labute approximate surface area is 174 Å².